The van der Waals surface area contributed by atoms with E-state index in [4.69, 9.17) is 0 Å². The van der Waals surface area contributed by atoms with Gasteiger partial charge < -0.3 is 0 Å². The molecule has 0 fully saturated rings. The fourth-order valence-electron chi connectivity index (χ4n) is 1.24. The minimum atomic E-state index is 0.0364. The van der Waals surface area contributed by atoms with Gasteiger partial charge in [-0.1, -0.05) is 32.1 Å². The maximum Gasteiger partial charge on any atom is 0.152 e. The van der Waals surface area contributed by atoms with E-state index in [0.717, 1.165) is 5.84 Å². The Kier molecular flexibility index (Phi) is 4.23. The van der Waals surface area contributed by atoms with Gasteiger partial charge in [0.25, 0.3) is 0 Å². The first-order valence-electron chi connectivity index (χ1n) is 5.44. The third kappa shape index (κ3) is 3.50. The summed E-state index contributed by atoms with van der Waals surface area (Å²) in [7, 11) is 0. The number of allylic oxidation sites excluding steroid dienone is 3. The zero-order valence-electron chi connectivity index (χ0n) is 10.4. The summed E-state index contributed by atoms with van der Waals surface area (Å²) in [5.74, 6) is 0.818. The van der Waals surface area contributed by atoms with Gasteiger partial charge in [-0.25, -0.2) is 10.0 Å². The van der Waals surface area contributed by atoms with Crippen LogP contribution < -0.4 is 0 Å². The summed E-state index contributed by atoms with van der Waals surface area (Å²) in [6, 6.07) is 0. The first-order valence-corrected chi connectivity index (χ1v) is 5.44. The second-order valence-corrected chi connectivity index (χ2v) is 4.16. The van der Waals surface area contributed by atoms with Crippen molar-refractivity contribution in [1.82, 2.24) is 5.01 Å². The van der Waals surface area contributed by atoms with Crippen LogP contribution in [0, 0.1) is 5.41 Å². The molecule has 0 bridgehead atoms. The lowest BCUT2D eigenvalue weighted by Crippen LogP contribution is -2.17. The number of rotatable bonds is 2. The molecule has 1 aliphatic heterocycles. The first kappa shape index (κ1) is 12.4. The Morgan fingerprint density at radius 2 is 2.00 bits per heavy atom. The van der Waals surface area contributed by atoms with E-state index in [2.05, 4.69) is 36.1 Å². The Morgan fingerprint density at radius 3 is 2.62 bits per heavy atom. The predicted octanol–water partition coefficient (Wildman–Crippen LogP) is 3.34. The van der Waals surface area contributed by atoms with Gasteiger partial charge in [-0.3, -0.25) is 0 Å². The molecule has 0 N–H and O–H groups in total. The van der Waals surface area contributed by atoms with Crippen LogP contribution in [0.25, 0.3) is 0 Å². The second-order valence-electron chi connectivity index (χ2n) is 4.16. The topological polar surface area (TPSA) is 28.0 Å². The van der Waals surface area contributed by atoms with Crippen LogP contribution in [0.15, 0.2) is 46.8 Å². The zero-order valence-corrected chi connectivity index (χ0v) is 10.4. The summed E-state index contributed by atoms with van der Waals surface area (Å²) in [5.41, 5.74) is 0.0364. The summed E-state index contributed by atoms with van der Waals surface area (Å²) in [6.45, 7) is 8.12. The molecule has 0 amide bonds. The van der Waals surface area contributed by atoms with Crippen LogP contribution in [0.2, 0.25) is 0 Å². The summed E-state index contributed by atoms with van der Waals surface area (Å²) in [4.78, 5) is 4.34. The van der Waals surface area contributed by atoms with E-state index in [0.29, 0.717) is 0 Å². The van der Waals surface area contributed by atoms with Crippen molar-refractivity contribution in [3.05, 3.63) is 36.7 Å². The summed E-state index contributed by atoms with van der Waals surface area (Å²) >= 11 is 0. The summed E-state index contributed by atoms with van der Waals surface area (Å²) < 4.78 is 0. The lowest BCUT2D eigenvalue weighted by atomic mass is 9.93. The van der Waals surface area contributed by atoms with Crippen molar-refractivity contribution in [2.75, 3.05) is 0 Å². The zero-order chi connectivity index (χ0) is 12.0. The largest absolute Gasteiger partial charge is 0.237 e. The van der Waals surface area contributed by atoms with Crippen LogP contribution in [-0.4, -0.2) is 17.1 Å². The Hall–Kier alpha value is -1.64. The molecule has 0 spiro atoms. The minimum absolute atomic E-state index is 0.0364. The molecule has 0 saturated carbocycles. The lowest BCUT2D eigenvalue weighted by molar-refractivity contribution is 0.581. The van der Waals surface area contributed by atoms with Crippen molar-refractivity contribution in [3.63, 3.8) is 0 Å². The number of aliphatic imine (C=N–C) groups is 1. The van der Waals surface area contributed by atoms with Crippen LogP contribution in [0.3, 0.4) is 0 Å². The van der Waals surface area contributed by atoms with Crippen LogP contribution in [-0.2, 0) is 0 Å². The number of hydrazone groups is 1. The van der Waals surface area contributed by atoms with Crippen LogP contribution in [0.4, 0.5) is 0 Å². The van der Waals surface area contributed by atoms with Crippen LogP contribution >= 0.6 is 0 Å². The van der Waals surface area contributed by atoms with E-state index in [9.17, 15) is 0 Å². The molecule has 0 saturated heterocycles. The fourth-order valence-corrected chi connectivity index (χ4v) is 1.24. The molecule has 1 heterocycles. The van der Waals surface area contributed by atoms with Gasteiger partial charge in [-0.15, -0.1) is 0 Å². The highest BCUT2D eigenvalue weighted by Gasteiger charge is 2.15. The van der Waals surface area contributed by atoms with Crippen molar-refractivity contribution in [2.24, 2.45) is 15.5 Å². The van der Waals surface area contributed by atoms with Gasteiger partial charge >= 0.3 is 0 Å². The molecule has 3 heteroatoms. The third-order valence-corrected chi connectivity index (χ3v) is 2.14. The highest BCUT2D eigenvalue weighted by Crippen LogP contribution is 2.22. The highest BCUT2D eigenvalue weighted by atomic mass is 15.5. The highest BCUT2D eigenvalue weighted by molar-refractivity contribution is 5.94. The molecule has 0 radical (unpaired) electrons. The molecule has 1 aliphatic rings. The van der Waals surface area contributed by atoms with E-state index >= 15 is 0 Å². The quantitative estimate of drug-likeness (QED) is 0.652. The van der Waals surface area contributed by atoms with E-state index in [-0.39, 0.29) is 5.41 Å². The molecule has 16 heavy (non-hydrogen) atoms. The average molecular weight is 217 g/mol. The molecular formula is C13H19N3. The summed E-state index contributed by atoms with van der Waals surface area (Å²) in [5, 5.41) is 6.02. The van der Waals surface area contributed by atoms with Gasteiger partial charge in [0, 0.05) is 24.0 Å². The molecule has 0 aromatic carbocycles. The van der Waals surface area contributed by atoms with Gasteiger partial charge in [0.15, 0.2) is 5.84 Å². The van der Waals surface area contributed by atoms with Crippen molar-refractivity contribution < 1.29 is 0 Å². The standard InChI is InChI=1S/C13H19N3/c1-5-10-14-12-7-8-13(3,4)9-11-16(12)15-6-2/h5-11H,1-4H3/b10-5-,14-12-,15-6+. The Morgan fingerprint density at radius 1 is 1.25 bits per heavy atom. The van der Waals surface area contributed by atoms with Crippen molar-refractivity contribution in [1.29, 1.82) is 0 Å². The number of hydrogen-bond acceptors (Lipinski definition) is 2. The fraction of sp³-hybridized carbons (Fsp3) is 0.385. The Bertz CT molecular complexity index is 371. The molecular weight excluding hydrogens is 198 g/mol. The normalized spacial score (nSPS) is 22.5. The molecule has 1 rings (SSSR count). The second kappa shape index (κ2) is 5.45. The Labute approximate surface area is 97.6 Å². The van der Waals surface area contributed by atoms with Gasteiger partial charge in [0.2, 0.25) is 0 Å². The molecule has 0 atom stereocenters. The van der Waals surface area contributed by atoms with E-state index in [1.807, 2.05) is 32.2 Å². The predicted molar refractivity (Wildman–Crippen MR) is 70.3 cm³/mol. The average Bonchev–Trinajstić information content (AvgIpc) is 2.37. The van der Waals surface area contributed by atoms with Crippen molar-refractivity contribution in [2.45, 2.75) is 27.7 Å². The van der Waals surface area contributed by atoms with Crippen LogP contribution in [0.5, 0.6) is 0 Å². The van der Waals surface area contributed by atoms with E-state index in [1.54, 1.807) is 17.4 Å². The molecule has 3 nitrogen and oxygen atoms in total. The molecule has 86 valence electrons. The maximum absolute atomic E-state index is 4.34. The first-order chi connectivity index (χ1) is 7.59. The van der Waals surface area contributed by atoms with Crippen LogP contribution in [0.1, 0.15) is 27.7 Å². The van der Waals surface area contributed by atoms with E-state index < -0.39 is 0 Å². The minimum Gasteiger partial charge on any atom is -0.237 e. The third-order valence-electron chi connectivity index (χ3n) is 2.14. The molecule has 0 aromatic rings. The number of nitrogens with zero attached hydrogens (tertiary/aromatic N) is 3. The maximum atomic E-state index is 4.34. The SMILES string of the molecule is C/C=C\N=C1\C=CC(C)(C)C=CN1/N=C/C. The van der Waals surface area contributed by atoms with Gasteiger partial charge in [0.1, 0.15) is 0 Å². The smallest absolute Gasteiger partial charge is 0.152 e. The van der Waals surface area contributed by atoms with Gasteiger partial charge in [0.05, 0.1) is 0 Å². The Balaban J connectivity index is 3.08. The molecule has 0 unspecified atom stereocenters. The molecule has 0 aliphatic carbocycles. The van der Waals surface area contributed by atoms with Gasteiger partial charge in [-0.05, 0) is 19.9 Å². The molecule has 0 aromatic heterocycles. The van der Waals surface area contributed by atoms with Gasteiger partial charge in [-0.2, -0.15) is 5.10 Å². The van der Waals surface area contributed by atoms with E-state index in [1.165, 1.54) is 0 Å². The number of hydrogen-bond donors (Lipinski definition) is 0. The number of amidine groups is 1. The lowest BCUT2D eigenvalue weighted by Gasteiger charge is -2.12. The van der Waals surface area contributed by atoms with Crippen molar-refractivity contribution >= 4 is 12.1 Å². The van der Waals surface area contributed by atoms with Crippen molar-refractivity contribution in [3.8, 4) is 0 Å². The summed E-state index contributed by atoms with van der Waals surface area (Å²) in [6.07, 6.45) is 13.6. The monoisotopic (exact) mass is 217 g/mol.